The van der Waals surface area contributed by atoms with Crippen molar-refractivity contribution in [2.75, 3.05) is 7.11 Å². The lowest BCUT2D eigenvalue weighted by Gasteiger charge is -2.17. The van der Waals surface area contributed by atoms with Crippen LogP contribution >= 0.6 is 11.6 Å². The molecular weight excluding hydrogens is 200 g/mol. The Hall–Kier alpha value is -0.890. The number of benzene rings is 1. The van der Waals surface area contributed by atoms with Crippen LogP contribution in [0.1, 0.15) is 19.4 Å². The molecule has 2 rings (SSSR count). The van der Waals surface area contributed by atoms with Crippen molar-refractivity contribution in [1.29, 1.82) is 0 Å². The molecule has 0 fully saturated rings. The Kier molecular flexibility index (Phi) is 2.11. The molecule has 1 aliphatic heterocycles. The zero-order valence-electron chi connectivity index (χ0n) is 8.56. The van der Waals surface area contributed by atoms with Gasteiger partial charge in [-0.3, -0.25) is 0 Å². The van der Waals surface area contributed by atoms with E-state index in [0.717, 1.165) is 17.7 Å². The van der Waals surface area contributed by atoms with Crippen molar-refractivity contribution in [3.05, 3.63) is 22.7 Å². The number of hydrogen-bond acceptors (Lipinski definition) is 2. The van der Waals surface area contributed by atoms with Crippen LogP contribution in [0.4, 0.5) is 0 Å². The van der Waals surface area contributed by atoms with Gasteiger partial charge in [0.2, 0.25) is 0 Å². The predicted octanol–water partition coefficient (Wildman–Crippen LogP) is 3.06. The molecule has 1 aromatic carbocycles. The zero-order valence-corrected chi connectivity index (χ0v) is 9.31. The highest BCUT2D eigenvalue weighted by molar-refractivity contribution is 6.32. The molecule has 0 aliphatic carbocycles. The van der Waals surface area contributed by atoms with Crippen molar-refractivity contribution < 1.29 is 9.47 Å². The van der Waals surface area contributed by atoms with Crippen LogP contribution in [-0.4, -0.2) is 12.7 Å². The summed E-state index contributed by atoms with van der Waals surface area (Å²) in [5, 5.41) is 0.601. The Morgan fingerprint density at radius 3 is 2.79 bits per heavy atom. The molecule has 0 radical (unpaired) electrons. The van der Waals surface area contributed by atoms with Gasteiger partial charge in [0.25, 0.3) is 0 Å². The van der Waals surface area contributed by atoms with Crippen LogP contribution < -0.4 is 9.47 Å². The van der Waals surface area contributed by atoms with E-state index in [9.17, 15) is 0 Å². The van der Waals surface area contributed by atoms with Crippen LogP contribution in [0.2, 0.25) is 5.02 Å². The Morgan fingerprint density at radius 2 is 2.14 bits per heavy atom. The maximum absolute atomic E-state index is 6.00. The van der Waals surface area contributed by atoms with E-state index in [1.807, 2.05) is 12.1 Å². The lowest BCUT2D eigenvalue weighted by Crippen LogP contribution is -2.24. The molecule has 0 N–H and O–H groups in total. The number of rotatable bonds is 1. The van der Waals surface area contributed by atoms with Crippen molar-refractivity contribution in [2.24, 2.45) is 0 Å². The van der Waals surface area contributed by atoms with Crippen LogP contribution in [0.5, 0.6) is 11.5 Å². The average Bonchev–Trinajstić information content (AvgIpc) is 2.39. The summed E-state index contributed by atoms with van der Waals surface area (Å²) >= 11 is 6.00. The van der Waals surface area contributed by atoms with Gasteiger partial charge >= 0.3 is 0 Å². The minimum Gasteiger partial charge on any atom is -0.491 e. The van der Waals surface area contributed by atoms with Crippen LogP contribution in [0.25, 0.3) is 0 Å². The summed E-state index contributed by atoms with van der Waals surface area (Å²) in [6.07, 6.45) is 0.899. The summed E-state index contributed by atoms with van der Waals surface area (Å²) in [7, 11) is 1.61. The van der Waals surface area contributed by atoms with Gasteiger partial charge in [0.1, 0.15) is 5.60 Å². The maximum Gasteiger partial charge on any atom is 0.179 e. The summed E-state index contributed by atoms with van der Waals surface area (Å²) < 4.78 is 11.0. The quantitative estimate of drug-likeness (QED) is 0.713. The van der Waals surface area contributed by atoms with Gasteiger partial charge in [-0.05, 0) is 19.9 Å². The molecule has 76 valence electrons. The van der Waals surface area contributed by atoms with Crippen molar-refractivity contribution >= 4 is 11.6 Å². The second kappa shape index (κ2) is 3.06. The lowest BCUT2D eigenvalue weighted by atomic mass is 10.0. The van der Waals surface area contributed by atoms with Crippen LogP contribution in [0.3, 0.4) is 0 Å². The summed E-state index contributed by atoms with van der Waals surface area (Å²) in [5.74, 6) is 1.44. The van der Waals surface area contributed by atoms with E-state index >= 15 is 0 Å². The third-order valence-corrected chi connectivity index (χ3v) is 2.64. The fraction of sp³-hybridized carbons (Fsp3) is 0.455. The van der Waals surface area contributed by atoms with Crippen molar-refractivity contribution in [3.8, 4) is 11.5 Å². The Bertz CT molecular complexity index is 372. The number of ether oxygens (including phenoxy) is 2. The van der Waals surface area contributed by atoms with Gasteiger partial charge < -0.3 is 9.47 Å². The Balaban J connectivity index is 2.52. The first-order valence-corrected chi connectivity index (χ1v) is 4.96. The van der Waals surface area contributed by atoms with E-state index in [-0.39, 0.29) is 5.60 Å². The highest BCUT2D eigenvalue weighted by Gasteiger charge is 2.33. The second-order valence-corrected chi connectivity index (χ2v) is 4.51. The van der Waals surface area contributed by atoms with Crippen LogP contribution in [-0.2, 0) is 6.42 Å². The topological polar surface area (TPSA) is 18.5 Å². The van der Waals surface area contributed by atoms with Crippen LogP contribution in [0.15, 0.2) is 12.1 Å². The van der Waals surface area contributed by atoms with Gasteiger partial charge in [-0.25, -0.2) is 0 Å². The normalized spacial score (nSPS) is 17.4. The molecule has 0 saturated heterocycles. The molecule has 0 bridgehead atoms. The number of fused-ring (bicyclic) bond motifs is 1. The summed E-state index contributed by atoms with van der Waals surface area (Å²) in [6.45, 7) is 4.11. The second-order valence-electron chi connectivity index (χ2n) is 4.11. The van der Waals surface area contributed by atoms with Gasteiger partial charge in [-0.1, -0.05) is 17.7 Å². The van der Waals surface area contributed by atoms with Gasteiger partial charge in [0.05, 0.1) is 12.1 Å². The molecule has 1 heterocycles. The fourth-order valence-electron chi connectivity index (χ4n) is 1.79. The SMILES string of the molecule is COc1c(Cl)ccc2c1OC(C)(C)C2. The smallest absolute Gasteiger partial charge is 0.179 e. The molecule has 3 heteroatoms. The van der Waals surface area contributed by atoms with Gasteiger partial charge in [0, 0.05) is 12.0 Å². The van der Waals surface area contributed by atoms with Crippen LogP contribution in [0, 0.1) is 0 Å². The number of methoxy groups -OCH3 is 1. The van der Waals surface area contributed by atoms with E-state index in [0.29, 0.717) is 10.8 Å². The Labute approximate surface area is 88.8 Å². The predicted molar refractivity (Wildman–Crippen MR) is 56.4 cm³/mol. The number of hydrogen-bond donors (Lipinski definition) is 0. The third-order valence-electron chi connectivity index (χ3n) is 2.34. The molecule has 14 heavy (non-hydrogen) atoms. The van der Waals surface area contributed by atoms with E-state index < -0.39 is 0 Å². The highest BCUT2D eigenvalue weighted by Crippen LogP contribution is 2.45. The third kappa shape index (κ3) is 1.44. The zero-order chi connectivity index (χ0) is 10.3. The van der Waals surface area contributed by atoms with Crippen molar-refractivity contribution in [3.63, 3.8) is 0 Å². The first kappa shape index (κ1) is 9.66. The summed E-state index contributed by atoms with van der Waals surface area (Å²) in [5.41, 5.74) is 1.01. The molecule has 0 aromatic heterocycles. The minimum atomic E-state index is -0.152. The van der Waals surface area contributed by atoms with E-state index in [1.54, 1.807) is 7.11 Å². The number of halogens is 1. The maximum atomic E-state index is 6.00. The van der Waals surface area contributed by atoms with E-state index in [2.05, 4.69) is 13.8 Å². The van der Waals surface area contributed by atoms with Gasteiger partial charge in [0.15, 0.2) is 11.5 Å². The highest BCUT2D eigenvalue weighted by atomic mass is 35.5. The summed E-state index contributed by atoms with van der Waals surface area (Å²) in [4.78, 5) is 0. The van der Waals surface area contributed by atoms with Crippen molar-refractivity contribution in [2.45, 2.75) is 25.9 Å². The fourth-order valence-corrected chi connectivity index (χ4v) is 2.02. The molecule has 0 spiro atoms. The Morgan fingerprint density at radius 1 is 1.43 bits per heavy atom. The summed E-state index contributed by atoms with van der Waals surface area (Å²) in [6, 6.07) is 3.85. The minimum absolute atomic E-state index is 0.152. The molecule has 0 unspecified atom stereocenters. The molecule has 2 nitrogen and oxygen atoms in total. The molecule has 0 atom stereocenters. The van der Waals surface area contributed by atoms with Gasteiger partial charge in [-0.2, -0.15) is 0 Å². The lowest BCUT2D eigenvalue weighted by molar-refractivity contribution is 0.134. The molecule has 0 amide bonds. The molecule has 1 aromatic rings. The molecule has 0 saturated carbocycles. The van der Waals surface area contributed by atoms with Gasteiger partial charge in [-0.15, -0.1) is 0 Å². The average molecular weight is 213 g/mol. The molecular formula is C11H13ClO2. The van der Waals surface area contributed by atoms with E-state index in [4.69, 9.17) is 21.1 Å². The monoisotopic (exact) mass is 212 g/mol. The van der Waals surface area contributed by atoms with E-state index in [1.165, 1.54) is 0 Å². The standard InChI is InChI=1S/C11H13ClO2/c1-11(2)6-7-4-5-8(12)10(13-3)9(7)14-11/h4-5H,6H2,1-3H3. The first-order valence-electron chi connectivity index (χ1n) is 4.58. The molecule has 1 aliphatic rings. The largest absolute Gasteiger partial charge is 0.491 e. The first-order chi connectivity index (χ1) is 6.53. The van der Waals surface area contributed by atoms with Crippen molar-refractivity contribution in [1.82, 2.24) is 0 Å².